The zero-order chi connectivity index (χ0) is 18.9. The molecule has 0 saturated heterocycles. The smallest absolute Gasteiger partial charge is 0.256 e. The standard InChI is InChI=1S/C16H16ClN3O3S2/c1-9-10(2)24-16(12(9)8-18)19-15(21)11-5-6-13(17)14(7-11)25(22,23)20(3)4/h5-7H,1-4H3,(H,19,21). The number of sulfonamides is 1. The molecule has 0 aliphatic carbocycles. The summed E-state index contributed by atoms with van der Waals surface area (Å²) >= 11 is 7.28. The predicted octanol–water partition coefficient (Wildman–Crippen LogP) is 3.39. The molecule has 0 fully saturated rings. The molecule has 0 radical (unpaired) electrons. The molecule has 6 nitrogen and oxygen atoms in total. The lowest BCUT2D eigenvalue weighted by Gasteiger charge is -2.13. The number of hydrogen-bond donors (Lipinski definition) is 1. The van der Waals surface area contributed by atoms with Gasteiger partial charge < -0.3 is 5.32 Å². The van der Waals surface area contributed by atoms with E-state index < -0.39 is 15.9 Å². The zero-order valence-corrected chi connectivity index (χ0v) is 16.4. The van der Waals surface area contributed by atoms with Gasteiger partial charge in [0.05, 0.1) is 10.6 Å². The molecule has 1 aromatic heterocycles. The molecule has 1 heterocycles. The molecule has 0 aliphatic rings. The first kappa shape index (κ1) is 19.4. The van der Waals surface area contributed by atoms with E-state index >= 15 is 0 Å². The summed E-state index contributed by atoms with van der Waals surface area (Å²) in [4.78, 5) is 13.3. The molecule has 0 atom stereocenters. The van der Waals surface area contributed by atoms with E-state index in [1.54, 1.807) is 0 Å². The number of nitriles is 1. The van der Waals surface area contributed by atoms with Gasteiger partial charge in [0.1, 0.15) is 16.0 Å². The Kier molecular flexibility index (Phi) is 5.54. The van der Waals surface area contributed by atoms with Crippen LogP contribution >= 0.6 is 22.9 Å². The Morgan fingerprint density at radius 2 is 1.96 bits per heavy atom. The highest BCUT2D eigenvalue weighted by molar-refractivity contribution is 7.89. The third-order valence-electron chi connectivity index (χ3n) is 3.68. The second-order valence-corrected chi connectivity index (χ2v) is 9.24. The summed E-state index contributed by atoms with van der Waals surface area (Å²) < 4.78 is 25.6. The van der Waals surface area contributed by atoms with Gasteiger partial charge in [-0.15, -0.1) is 11.3 Å². The average Bonchev–Trinajstić information content (AvgIpc) is 2.80. The average molecular weight is 398 g/mol. The van der Waals surface area contributed by atoms with E-state index in [1.165, 1.54) is 43.6 Å². The summed E-state index contributed by atoms with van der Waals surface area (Å²) in [6.07, 6.45) is 0. The number of nitrogens with zero attached hydrogens (tertiary/aromatic N) is 2. The molecule has 1 N–H and O–H groups in total. The number of amides is 1. The van der Waals surface area contributed by atoms with Crippen LogP contribution in [0, 0.1) is 25.2 Å². The number of rotatable bonds is 4. The Labute approximate surface area is 155 Å². The predicted molar refractivity (Wildman–Crippen MR) is 98.8 cm³/mol. The molecule has 2 rings (SSSR count). The highest BCUT2D eigenvalue weighted by Gasteiger charge is 2.23. The Hall–Kier alpha value is -1.92. The van der Waals surface area contributed by atoms with Crippen molar-refractivity contribution in [2.45, 2.75) is 18.7 Å². The fraction of sp³-hybridized carbons (Fsp3) is 0.250. The van der Waals surface area contributed by atoms with Gasteiger partial charge in [0.15, 0.2) is 0 Å². The molecule has 9 heteroatoms. The number of aryl methyl sites for hydroxylation is 1. The molecule has 1 amide bonds. The second kappa shape index (κ2) is 7.14. The molecular formula is C16H16ClN3O3S2. The van der Waals surface area contributed by atoms with Gasteiger partial charge in [-0.05, 0) is 37.6 Å². The van der Waals surface area contributed by atoms with Gasteiger partial charge in [0.2, 0.25) is 10.0 Å². The molecular weight excluding hydrogens is 382 g/mol. The van der Waals surface area contributed by atoms with Crippen LogP contribution in [0.4, 0.5) is 5.00 Å². The lowest BCUT2D eigenvalue weighted by Crippen LogP contribution is -2.23. The van der Waals surface area contributed by atoms with E-state index in [2.05, 4.69) is 11.4 Å². The van der Waals surface area contributed by atoms with Crippen LogP contribution in [0.2, 0.25) is 5.02 Å². The monoisotopic (exact) mass is 397 g/mol. The van der Waals surface area contributed by atoms with Crippen LogP contribution in [0.15, 0.2) is 23.1 Å². The summed E-state index contributed by atoms with van der Waals surface area (Å²) in [5.74, 6) is -0.510. The SMILES string of the molecule is Cc1sc(NC(=O)c2ccc(Cl)c(S(=O)(=O)N(C)C)c2)c(C#N)c1C. The summed E-state index contributed by atoms with van der Waals surface area (Å²) in [5, 5.41) is 12.4. The fourth-order valence-electron chi connectivity index (χ4n) is 2.06. The van der Waals surface area contributed by atoms with Crippen molar-refractivity contribution in [3.05, 3.63) is 44.8 Å². The first-order valence-corrected chi connectivity index (χ1v) is 9.76. The Balaban J connectivity index is 2.42. The molecule has 0 spiro atoms. The van der Waals surface area contributed by atoms with Crippen molar-refractivity contribution in [2.24, 2.45) is 0 Å². The number of hydrogen-bond acceptors (Lipinski definition) is 5. The molecule has 2 aromatic rings. The molecule has 25 heavy (non-hydrogen) atoms. The van der Waals surface area contributed by atoms with Crippen molar-refractivity contribution >= 4 is 43.9 Å². The minimum Gasteiger partial charge on any atom is -0.312 e. The van der Waals surface area contributed by atoms with Gasteiger partial charge in [0, 0.05) is 24.5 Å². The maximum absolute atomic E-state index is 12.5. The Morgan fingerprint density at radius 1 is 1.32 bits per heavy atom. The number of halogens is 1. The summed E-state index contributed by atoms with van der Waals surface area (Å²) in [5.41, 5.74) is 1.36. The van der Waals surface area contributed by atoms with Gasteiger partial charge >= 0.3 is 0 Å². The van der Waals surface area contributed by atoms with E-state index in [1.807, 2.05) is 13.8 Å². The van der Waals surface area contributed by atoms with E-state index in [9.17, 15) is 18.5 Å². The van der Waals surface area contributed by atoms with Crippen LogP contribution in [-0.4, -0.2) is 32.7 Å². The lowest BCUT2D eigenvalue weighted by molar-refractivity contribution is 0.102. The minimum absolute atomic E-state index is 0.0331. The van der Waals surface area contributed by atoms with Gasteiger partial charge in [-0.2, -0.15) is 5.26 Å². The van der Waals surface area contributed by atoms with Crippen LogP contribution < -0.4 is 5.32 Å². The van der Waals surface area contributed by atoms with Crippen molar-refractivity contribution in [3.8, 4) is 6.07 Å². The molecule has 0 aliphatic heterocycles. The fourth-order valence-corrected chi connectivity index (χ4v) is 4.46. The number of nitrogens with one attached hydrogen (secondary N) is 1. The third-order valence-corrected chi connectivity index (χ3v) is 7.10. The first-order chi connectivity index (χ1) is 11.6. The Morgan fingerprint density at radius 3 is 2.52 bits per heavy atom. The number of anilines is 1. The van der Waals surface area contributed by atoms with Gasteiger partial charge in [0.25, 0.3) is 5.91 Å². The van der Waals surface area contributed by atoms with Gasteiger partial charge in [-0.25, -0.2) is 12.7 Å². The maximum atomic E-state index is 12.5. The minimum atomic E-state index is -3.78. The van der Waals surface area contributed by atoms with E-state index in [4.69, 9.17) is 11.6 Å². The highest BCUT2D eigenvalue weighted by atomic mass is 35.5. The lowest BCUT2D eigenvalue weighted by atomic mass is 10.1. The zero-order valence-electron chi connectivity index (χ0n) is 14.0. The van der Waals surface area contributed by atoms with Gasteiger partial charge in [-0.1, -0.05) is 11.6 Å². The number of thiophene rings is 1. The largest absolute Gasteiger partial charge is 0.312 e. The maximum Gasteiger partial charge on any atom is 0.256 e. The van der Waals surface area contributed by atoms with Crippen LogP contribution in [0.3, 0.4) is 0 Å². The van der Waals surface area contributed by atoms with Crippen molar-refractivity contribution in [2.75, 3.05) is 19.4 Å². The number of benzene rings is 1. The summed E-state index contributed by atoms with van der Waals surface area (Å²) in [6, 6.07) is 6.10. The van der Waals surface area contributed by atoms with Crippen molar-refractivity contribution < 1.29 is 13.2 Å². The van der Waals surface area contributed by atoms with E-state index in [0.717, 1.165) is 14.7 Å². The molecule has 132 valence electrons. The normalized spacial score (nSPS) is 11.4. The van der Waals surface area contributed by atoms with E-state index in [0.29, 0.717) is 10.6 Å². The summed E-state index contributed by atoms with van der Waals surface area (Å²) in [6.45, 7) is 3.67. The third kappa shape index (κ3) is 3.70. The first-order valence-electron chi connectivity index (χ1n) is 7.13. The molecule has 0 saturated carbocycles. The second-order valence-electron chi connectivity index (χ2n) is 5.49. The molecule has 0 unspecified atom stereocenters. The van der Waals surface area contributed by atoms with E-state index in [-0.39, 0.29) is 15.5 Å². The van der Waals surface area contributed by atoms with Crippen LogP contribution in [0.25, 0.3) is 0 Å². The topological polar surface area (TPSA) is 90.3 Å². The quantitative estimate of drug-likeness (QED) is 0.856. The molecule has 0 bridgehead atoms. The van der Waals surface area contributed by atoms with Crippen molar-refractivity contribution in [1.82, 2.24) is 4.31 Å². The van der Waals surface area contributed by atoms with Gasteiger partial charge in [-0.3, -0.25) is 4.79 Å². The van der Waals surface area contributed by atoms with Crippen LogP contribution in [0.5, 0.6) is 0 Å². The summed E-state index contributed by atoms with van der Waals surface area (Å²) in [7, 11) is -1.01. The van der Waals surface area contributed by atoms with Crippen molar-refractivity contribution in [1.29, 1.82) is 5.26 Å². The van der Waals surface area contributed by atoms with Crippen LogP contribution in [0.1, 0.15) is 26.4 Å². The molecule has 1 aromatic carbocycles. The van der Waals surface area contributed by atoms with Crippen molar-refractivity contribution in [3.63, 3.8) is 0 Å². The number of carbonyl (C=O) groups is 1. The Bertz CT molecular complexity index is 989. The van der Waals surface area contributed by atoms with Crippen LogP contribution in [-0.2, 0) is 10.0 Å². The highest BCUT2D eigenvalue weighted by Crippen LogP contribution is 2.32. The number of carbonyl (C=O) groups excluding carboxylic acids is 1.